The van der Waals surface area contributed by atoms with Crippen LogP contribution in [-0.2, 0) is 0 Å². The van der Waals surface area contributed by atoms with Crippen LogP contribution < -0.4 is 0 Å². The van der Waals surface area contributed by atoms with E-state index in [1.54, 1.807) is 6.92 Å². The van der Waals surface area contributed by atoms with E-state index in [0.717, 1.165) is 0 Å². The first kappa shape index (κ1) is 29.9. The molecule has 0 aromatic rings. The highest BCUT2D eigenvalue weighted by Gasteiger charge is 1.26. The minimum Gasteiger partial charge on any atom is -0.124 e. The molecule has 13 heavy (non-hydrogen) atoms. The Kier molecular flexibility index (Phi) is 814. The van der Waals surface area contributed by atoms with E-state index < -0.39 is 0 Å². The smallest absolute Gasteiger partial charge is 0.00271 e. The average molecular weight is 180 g/mol. The third kappa shape index (κ3) is 7860. The van der Waals surface area contributed by atoms with E-state index in [1.165, 1.54) is 0 Å². The van der Waals surface area contributed by atoms with Gasteiger partial charge in [0.05, 0.1) is 0 Å². The number of hydrogen-bond donors (Lipinski definition) is 0. The van der Waals surface area contributed by atoms with Crippen molar-refractivity contribution in [2.75, 3.05) is 0 Å². The summed E-state index contributed by atoms with van der Waals surface area (Å²) in [6, 6.07) is 0. The Bertz CT molecular complexity index is 116. The normalized spacial score (nSPS) is 2.77. The minimum absolute atomic E-state index is 1.65. The van der Waals surface area contributed by atoms with Crippen LogP contribution in [0.2, 0.25) is 0 Å². The van der Waals surface area contributed by atoms with Crippen molar-refractivity contribution in [2.45, 2.75) is 48.5 Å². The van der Waals surface area contributed by atoms with Crippen LogP contribution in [0.4, 0.5) is 0 Å². The molecule has 0 unspecified atom stereocenters. The summed E-state index contributed by atoms with van der Waals surface area (Å²) in [7, 11) is 0. The van der Waals surface area contributed by atoms with E-state index in [2.05, 4.69) is 37.0 Å². The van der Waals surface area contributed by atoms with Gasteiger partial charge in [0.2, 0.25) is 0 Å². The average Bonchev–Trinajstić information content (AvgIpc) is 2.27. The van der Waals surface area contributed by atoms with Gasteiger partial charge in [-0.25, -0.2) is 0 Å². The Balaban J connectivity index is -0.0000000215. The van der Waals surface area contributed by atoms with Crippen molar-refractivity contribution in [1.82, 2.24) is 0 Å². The molecule has 0 nitrogen and oxygen atoms in total. The minimum atomic E-state index is 1.65. The van der Waals surface area contributed by atoms with Crippen LogP contribution in [0.3, 0.4) is 0 Å². The maximum atomic E-state index is 4.60. The molecule has 0 spiro atoms. The van der Waals surface area contributed by atoms with Crippen LogP contribution in [0.15, 0.2) is 0 Å². The number of rotatable bonds is 0. The fourth-order valence-electron chi connectivity index (χ4n) is 0. The van der Waals surface area contributed by atoms with Gasteiger partial charge in [-0.15, -0.1) is 37.0 Å². The first-order chi connectivity index (χ1) is 6.33. The van der Waals surface area contributed by atoms with Crippen molar-refractivity contribution in [3.05, 3.63) is 0 Å². The van der Waals surface area contributed by atoms with Crippen LogP contribution in [0.25, 0.3) is 0 Å². The molecule has 0 radical (unpaired) electrons. The monoisotopic (exact) mass is 180 g/mol. The zero-order valence-electron chi connectivity index (χ0n) is 10.2. The molecule has 0 aromatic carbocycles. The van der Waals surface area contributed by atoms with E-state index in [9.17, 15) is 0 Å². The second-order valence-electron chi connectivity index (χ2n) is 0.789. The first-order valence-electron chi connectivity index (χ1n) is 4.37. The van der Waals surface area contributed by atoms with Crippen molar-refractivity contribution in [3.63, 3.8) is 0 Å². The molecule has 0 N–H and O–H groups in total. The van der Waals surface area contributed by atoms with Crippen LogP contribution in [0.1, 0.15) is 48.5 Å². The molecule has 0 rings (SSSR count). The molecule has 0 bridgehead atoms. The number of terminal acetylenes is 2. The lowest BCUT2D eigenvalue weighted by molar-refractivity contribution is 1.50. The van der Waals surface area contributed by atoms with E-state index in [4.69, 9.17) is 0 Å². The summed E-state index contributed by atoms with van der Waals surface area (Å²) in [5.41, 5.74) is 0. The molecule has 0 saturated heterocycles. The van der Waals surface area contributed by atoms with Gasteiger partial charge in [0, 0.05) is 0 Å². The van der Waals surface area contributed by atoms with Crippen molar-refractivity contribution in [1.29, 1.82) is 0 Å². The largest absolute Gasteiger partial charge is 0.124 e. The standard InChI is InChI=1S/C4H6.C3H4.2C2H6.C2H2/c1-3-4-2;1-3-2;3*1-2/h1-2H3;1H,2H3;2*1-2H3;1-2H. The number of hydrogen-bond acceptors (Lipinski definition) is 0. The molecule has 0 aliphatic heterocycles. The summed E-state index contributed by atoms with van der Waals surface area (Å²) in [6.45, 7) is 13.3. The van der Waals surface area contributed by atoms with Crippen LogP contribution in [0, 0.1) is 37.0 Å². The second-order valence-corrected chi connectivity index (χ2v) is 0.789. The predicted octanol–water partition coefficient (Wildman–Crippen LogP) is 3.97. The third-order valence-corrected chi connectivity index (χ3v) is 0.250. The van der Waals surface area contributed by atoms with Gasteiger partial charge in [-0.05, 0) is 20.8 Å². The molecule has 0 heteroatoms. The summed E-state index contributed by atoms with van der Waals surface area (Å²) in [4.78, 5) is 0. The predicted molar refractivity (Wildman–Crippen MR) is 66.2 cm³/mol. The molecule has 0 amide bonds. The molecule has 0 saturated carbocycles. The first-order valence-corrected chi connectivity index (χ1v) is 4.37. The molecule has 0 fully saturated rings. The van der Waals surface area contributed by atoms with Crippen molar-refractivity contribution < 1.29 is 0 Å². The lowest BCUT2D eigenvalue weighted by Crippen LogP contribution is -1.28. The zero-order chi connectivity index (χ0) is 12.1. The van der Waals surface area contributed by atoms with Crippen molar-refractivity contribution in [2.24, 2.45) is 0 Å². The summed E-state index contributed by atoms with van der Waals surface area (Å²) >= 11 is 0. The molecular weight excluding hydrogens is 156 g/mol. The van der Waals surface area contributed by atoms with Gasteiger partial charge in [-0.3, -0.25) is 0 Å². The summed E-state index contributed by atoms with van der Waals surface area (Å²) in [6.07, 6.45) is 12.6. The van der Waals surface area contributed by atoms with Crippen molar-refractivity contribution >= 4 is 0 Å². The summed E-state index contributed by atoms with van der Waals surface area (Å²) in [5, 5.41) is 0. The summed E-state index contributed by atoms with van der Waals surface area (Å²) < 4.78 is 0. The lowest BCUT2D eigenvalue weighted by atomic mass is 10.7. The van der Waals surface area contributed by atoms with E-state index in [0.29, 0.717) is 0 Å². The second kappa shape index (κ2) is 355. The van der Waals surface area contributed by atoms with Gasteiger partial charge in [-0.1, -0.05) is 27.7 Å². The van der Waals surface area contributed by atoms with Gasteiger partial charge >= 0.3 is 0 Å². The highest BCUT2D eigenvalue weighted by atomic mass is 13.3. The topological polar surface area (TPSA) is 0 Å². The van der Waals surface area contributed by atoms with E-state index >= 15 is 0 Å². The van der Waals surface area contributed by atoms with Gasteiger partial charge in [-0.2, -0.15) is 0 Å². The van der Waals surface area contributed by atoms with E-state index in [1.807, 2.05) is 41.5 Å². The molecule has 0 heterocycles. The molecule has 76 valence electrons. The Morgan fingerprint density at radius 3 is 0.769 bits per heavy atom. The maximum Gasteiger partial charge on any atom is -0.00271 e. The van der Waals surface area contributed by atoms with Crippen molar-refractivity contribution in [3.8, 4) is 37.0 Å². The third-order valence-electron chi connectivity index (χ3n) is 0.250. The van der Waals surface area contributed by atoms with Gasteiger partial charge in [0.1, 0.15) is 0 Å². The SMILES string of the molecule is C#C.C#CC.CC.CC.CC#CC. The van der Waals surface area contributed by atoms with Gasteiger partial charge in [0.25, 0.3) is 0 Å². The molecule has 0 aliphatic rings. The Morgan fingerprint density at radius 1 is 0.692 bits per heavy atom. The van der Waals surface area contributed by atoms with Gasteiger partial charge in [0.15, 0.2) is 0 Å². The molecular formula is C13H24. The maximum absolute atomic E-state index is 4.60. The fraction of sp³-hybridized carbons (Fsp3) is 0.538. The zero-order valence-corrected chi connectivity index (χ0v) is 10.2. The Hall–Kier alpha value is -1.32. The van der Waals surface area contributed by atoms with Gasteiger partial charge < -0.3 is 0 Å². The molecule has 0 atom stereocenters. The lowest BCUT2D eigenvalue weighted by Gasteiger charge is -1.40. The van der Waals surface area contributed by atoms with E-state index in [-0.39, 0.29) is 0 Å². The quantitative estimate of drug-likeness (QED) is 0.495. The summed E-state index contributed by atoms with van der Waals surface area (Å²) in [5.74, 6) is 7.61. The van der Waals surface area contributed by atoms with Crippen LogP contribution in [0.5, 0.6) is 0 Å². The Morgan fingerprint density at radius 2 is 0.769 bits per heavy atom. The van der Waals surface area contributed by atoms with Crippen LogP contribution >= 0.6 is 0 Å². The van der Waals surface area contributed by atoms with Crippen LogP contribution in [-0.4, -0.2) is 0 Å². The fourth-order valence-corrected chi connectivity index (χ4v) is 0. The highest BCUT2D eigenvalue weighted by Crippen LogP contribution is 1.39. The highest BCUT2D eigenvalue weighted by molar-refractivity contribution is 4.89. The Labute approximate surface area is 86.1 Å². The molecule has 0 aromatic heterocycles. The molecule has 0 aliphatic carbocycles.